The molecule has 15 nitrogen and oxygen atoms in total. The summed E-state index contributed by atoms with van der Waals surface area (Å²) in [5.41, 5.74) is -2.03. The fourth-order valence-electron chi connectivity index (χ4n) is 6.38. The van der Waals surface area contributed by atoms with E-state index in [1.54, 1.807) is 33.8 Å². The molecule has 3 fully saturated rings. The molecule has 6 atom stereocenters. The molecule has 0 bridgehead atoms. The molecule has 4 aliphatic rings. The monoisotopic (exact) mass is 734 g/mol. The van der Waals surface area contributed by atoms with Gasteiger partial charge >= 0.3 is 12.2 Å². The van der Waals surface area contributed by atoms with Crippen LogP contribution in [0.5, 0.6) is 0 Å². The van der Waals surface area contributed by atoms with E-state index in [1.165, 1.54) is 17.0 Å². The first-order valence-corrected chi connectivity index (χ1v) is 19.0. The molecule has 0 spiro atoms. The van der Waals surface area contributed by atoms with Gasteiger partial charge in [0.15, 0.2) is 0 Å². The number of ether oxygens (including phenoxy) is 2. The van der Waals surface area contributed by atoms with Crippen LogP contribution in [0.1, 0.15) is 97.2 Å². The molecule has 5 amide bonds. The van der Waals surface area contributed by atoms with E-state index in [4.69, 9.17) is 9.47 Å². The molecule has 51 heavy (non-hydrogen) atoms. The Kier molecular flexibility index (Phi) is 11.3. The predicted octanol–water partition coefficient (Wildman–Crippen LogP) is 2.87. The van der Waals surface area contributed by atoms with Crippen LogP contribution >= 0.6 is 0 Å². The average Bonchev–Trinajstić information content (AvgIpc) is 3.96. The summed E-state index contributed by atoms with van der Waals surface area (Å²) >= 11 is 0. The molecule has 4 N–H and O–H groups in total. The number of amides is 5. The van der Waals surface area contributed by atoms with Gasteiger partial charge in [-0.2, -0.15) is 0 Å². The largest absolute Gasteiger partial charge is 0.444 e. The van der Waals surface area contributed by atoms with Crippen LogP contribution in [0.4, 0.5) is 14.0 Å². The first-order chi connectivity index (χ1) is 24.0. The number of hydrogen-bond acceptors (Lipinski definition) is 10. The number of aromatic nitrogens is 1. The van der Waals surface area contributed by atoms with E-state index < -0.39 is 92.3 Å². The highest BCUT2D eigenvalue weighted by Crippen LogP contribution is 2.46. The molecule has 1 aromatic heterocycles. The zero-order valence-corrected chi connectivity index (χ0v) is 30.1. The second-order valence-electron chi connectivity index (χ2n) is 14.7. The van der Waals surface area contributed by atoms with Gasteiger partial charge in [-0.15, -0.1) is 0 Å². The molecule has 0 unspecified atom stereocenters. The van der Waals surface area contributed by atoms with Crippen molar-refractivity contribution >= 4 is 39.9 Å². The van der Waals surface area contributed by atoms with Crippen molar-refractivity contribution in [3.8, 4) is 0 Å². The SMILES string of the molecule is C[C@@H](NC(=O)O[C@@H]1C[C@H]2C(=O)N[C@]3(C(=O)NS(=O)(=O)C4CC4)C[C@H]3/C=C\CCCCC[C@H](NC(=O)OC(C)(C)C)C(=O)N2C1)c1ccc(F)cn1. The maximum atomic E-state index is 14.2. The Hall–Kier alpha value is -4.28. The zero-order valence-electron chi connectivity index (χ0n) is 29.3. The lowest BCUT2D eigenvalue weighted by atomic mass is 10.0. The minimum atomic E-state index is -3.92. The Morgan fingerprint density at radius 2 is 1.84 bits per heavy atom. The third-order valence-corrected chi connectivity index (χ3v) is 11.2. The Labute approximate surface area is 296 Å². The van der Waals surface area contributed by atoms with Crippen molar-refractivity contribution in [2.24, 2.45) is 5.92 Å². The lowest BCUT2D eigenvalue weighted by Gasteiger charge is -2.30. The number of carbonyl (C=O) groups excluding carboxylic acids is 5. The fraction of sp³-hybridized carbons (Fsp3) is 0.647. The maximum absolute atomic E-state index is 14.2. The molecule has 3 heterocycles. The summed E-state index contributed by atoms with van der Waals surface area (Å²) in [4.78, 5) is 72.9. The van der Waals surface area contributed by atoms with Crippen LogP contribution < -0.4 is 20.7 Å². The molecule has 5 rings (SSSR count). The van der Waals surface area contributed by atoms with Crippen molar-refractivity contribution in [1.82, 2.24) is 30.6 Å². The van der Waals surface area contributed by atoms with E-state index in [1.807, 2.05) is 6.08 Å². The second-order valence-corrected chi connectivity index (χ2v) is 16.7. The molecule has 2 aliphatic heterocycles. The number of halogens is 1. The van der Waals surface area contributed by atoms with Crippen LogP contribution in [-0.4, -0.2) is 89.3 Å². The molecular formula is C34H47FN6O9S. The highest BCUT2D eigenvalue weighted by Gasteiger charge is 2.62. The van der Waals surface area contributed by atoms with E-state index in [-0.39, 0.29) is 25.8 Å². The number of fused-ring (bicyclic) bond motifs is 2. The summed E-state index contributed by atoms with van der Waals surface area (Å²) in [6.07, 6.45) is 5.89. The van der Waals surface area contributed by atoms with E-state index in [0.717, 1.165) is 12.6 Å². The first kappa shape index (κ1) is 38.0. The third-order valence-electron chi connectivity index (χ3n) is 9.34. The first-order valence-electron chi connectivity index (χ1n) is 17.4. The number of allylic oxidation sites excluding steroid dienone is 1. The van der Waals surface area contributed by atoms with Crippen LogP contribution in [0.3, 0.4) is 0 Å². The van der Waals surface area contributed by atoms with Crippen molar-refractivity contribution < 1.29 is 46.3 Å². The van der Waals surface area contributed by atoms with Gasteiger partial charge in [-0.1, -0.05) is 25.0 Å². The molecule has 2 saturated carbocycles. The minimum Gasteiger partial charge on any atom is -0.444 e. The lowest BCUT2D eigenvalue weighted by molar-refractivity contribution is -0.141. The van der Waals surface area contributed by atoms with Crippen LogP contribution in [0.25, 0.3) is 0 Å². The molecule has 2 aliphatic carbocycles. The Balaban J connectivity index is 1.39. The normalized spacial score (nSPS) is 28.4. The summed E-state index contributed by atoms with van der Waals surface area (Å²) in [5, 5.41) is 7.37. The van der Waals surface area contributed by atoms with Gasteiger partial charge in [-0.05, 0) is 78.4 Å². The van der Waals surface area contributed by atoms with Crippen LogP contribution in [0, 0.1) is 11.7 Å². The van der Waals surface area contributed by atoms with Crippen LogP contribution in [0.2, 0.25) is 0 Å². The Bertz CT molecular complexity index is 1650. The number of sulfonamides is 1. The molecule has 280 valence electrons. The summed E-state index contributed by atoms with van der Waals surface area (Å²) in [6.45, 7) is 6.47. The van der Waals surface area contributed by atoms with Crippen molar-refractivity contribution in [2.75, 3.05) is 6.54 Å². The second kappa shape index (κ2) is 15.1. The number of rotatable bonds is 7. The van der Waals surface area contributed by atoms with E-state index in [0.29, 0.717) is 37.8 Å². The molecule has 1 aromatic rings. The van der Waals surface area contributed by atoms with Gasteiger partial charge in [-0.3, -0.25) is 24.1 Å². The number of alkyl carbamates (subject to hydrolysis) is 2. The zero-order chi connectivity index (χ0) is 37.1. The van der Waals surface area contributed by atoms with Crippen molar-refractivity contribution in [2.45, 2.75) is 126 Å². The molecular weight excluding hydrogens is 687 g/mol. The molecule has 17 heteroatoms. The maximum Gasteiger partial charge on any atom is 0.408 e. The van der Waals surface area contributed by atoms with Gasteiger partial charge in [0.25, 0.3) is 5.91 Å². The van der Waals surface area contributed by atoms with Gasteiger partial charge < -0.3 is 30.3 Å². The number of nitrogens with one attached hydrogen (secondary N) is 4. The number of carbonyl (C=O) groups is 5. The summed E-state index contributed by atoms with van der Waals surface area (Å²) in [5.74, 6) is -3.21. The van der Waals surface area contributed by atoms with E-state index >= 15 is 0 Å². The Morgan fingerprint density at radius 1 is 1.10 bits per heavy atom. The average molecular weight is 735 g/mol. The van der Waals surface area contributed by atoms with E-state index in [2.05, 4.69) is 25.7 Å². The molecule has 0 aromatic carbocycles. The van der Waals surface area contributed by atoms with Gasteiger partial charge in [0, 0.05) is 12.3 Å². The highest BCUT2D eigenvalue weighted by molar-refractivity contribution is 7.91. The van der Waals surface area contributed by atoms with Crippen molar-refractivity contribution in [1.29, 1.82) is 0 Å². The summed E-state index contributed by atoms with van der Waals surface area (Å²) in [6, 6.07) is -0.371. The minimum absolute atomic E-state index is 0.147. The Morgan fingerprint density at radius 3 is 2.51 bits per heavy atom. The van der Waals surface area contributed by atoms with Crippen LogP contribution in [0.15, 0.2) is 30.5 Å². The third kappa shape index (κ3) is 9.74. The summed E-state index contributed by atoms with van der Waals surface area (Å²) < 4.78 is 52.0. The van der Waals surface area contributed by atoms with E-state index in [9.17, 15) is 36.8 Å². The predicted molar refractivity (Wildman–Crippen MR) is 181 cm³/mol. The van der Waals surface area contributed by atoms with Crippen molar-refractivity contribution in [3.05, 3.63) is 42.0 Å². The smallest absolute Gasteiger partial charge is 0.408 e. The topological polar surface area (TPSA) is 202 Å². The van der Waals surface area contributed by atoms with Crippen molar-refractivity contribution in [3.63, 3.8) is 0 Å². The number of pyridine rings is 1. The van der Waals surface area contributed by atoms with Gasteiger partial charge in [0.1, 0.15) is 35.1 Å². The highest BCUT2D eigenvalue weighted by atomic mass is 32.2. The number of nitrogens with zero attached hydrogens (tertiary/aromatic N) is 2. The lowest BCUT2D eigenvalue weighted by Crippen LogP contribution is -2.58. The van der Waals surface area contributed by atoms with Gasteiger partial charge in [-0.25, -0.2) is 22.4 Å². The van der Waals surface area contributed by atoms with Crippen LogP contribution in [-0.2, 0) is 33.9 Å². The molecule has 1 saturated heterocycles. The van der Waals surface area contributed by atoms with Gasteiger partial charge in [0.05, 0.1) is 29.7 Å². The number of hydrogen-bond donors (Lipinski definition) is 4. The van der Waals surface area contributed by atoms with Gasteiger partial charge in [0.2, 0.25) is 21.8 Å². The standard InChI is InChI=1S/C34H47FN6O9S/c1-20(25-15-12-22(35)18-36-25)37-31(45)49-23-16-27-28(42)39-34(30(44)40-51(47,48)24-13-14-24)17-21(34)10-8-6-5-7-9-11-26(29(43)41(27)19-23)38-32(46)50-33(2,3)4/h8,10,12,15,18,20-21,23-24,26-27H,5-7,9,11,13-14,16-17,19H2,1-4H3,(H,37,45)(H,38,46)(H,39,42)(H,40,44)/b10-8-/t20-,21-,23-,26+,27+,34-/m1/s1. The quantitative estimate of drug-likeness (QED) is 0.302. The summed E-state index contributed by atoms with van der Waals surface area (Å²) in [7, 11) is -3.92. The molecule has 0 radical (unpaired) electrons. The fourth-order valence-corrected chi connectivity index (χ4v) is 7.74.